The molecule has 7 heteroatoms. The molecule has 0 aliphatic carbocycles. The van der Waals surface area contributed by atoms with Crippen molar-refractivity contribution in [1.29, 1.82) is 5.26 Å². The van der Waals surface area contributed by atoms with Crippen LogP contribution in [0.15, 0.2) is 60.2 Å². The first kappa shape index (κ1) is 18.6. The summed E-state index contributed by atoms with van der Waals surface area (Å²) in [6, 6.07) is 12.3. The lowest BCUT2D eigenvalue weighted by Crippen LogP contribution is -2.14. The molecule has 0 aromatic heterocycles. The lowest BCUT2D eigenvalue weighted by Gasteiger charge is -2.18. The highest BCUT2D eigenvalue weighted by molar-refractivity contribution is 5.83. The first-order valence-electron chi connectivity index (χ1n) is 7.05. The summed E-state index contributed by atoms with van der Waals surface area (Å²) in [6.45, 7) is 0. The van der Waals surface area contributed by atoms with Crippen LogP contribution in [-0.4, -0.2) is 6.18 Å². The molecule has 0 amide bonds. The Morgan fingerprint density at radius 2 is 1.32 bits per heavy atom. The van der Waals surface area contributed by atoms with Gasteiger partial charge in [0.15, 0.2) is 0 Å². The zero-order valence-corrected chi connectivity index (χ0v) is 12.6. The number of hydrogen-bond donors (Lipinski definition) is 0. The zero-order chi connectivity index (χ0) is 18.7. The van der Waals surface area contributed by atoms with Gasteiger partial charge in [-0.3, -0.25) is 0 Å². The normalized spacial score (nSPS) is 13.2. The van der Waals surface area contributed by atoms with Crippen LogP contribution in [0.25, 0.3) is 5.57 Å². The van der Waals surface area contributed by atoms with Crippen LogP contribution in [-0.2, 0) is 6.18 Å². The van der Waals surface area contributed by atoms with Gasteiger partial charge < -0.3 is 0 Å². The van der Waals surface area contributed by atoms with Gasteiger partial charge in [0.05, 0.1) is 23.6 Å². The third-order valence-corrected chi connectivity index (χ3v) is 3.46. The highest BCUT2D eigenvalue weighted by Crippen LogP contribution is 2.39. The summed E-state index contributed by atoms with van der Waals surface area (Å²) in [5.74, 6) is 0. The Kier molecular flexibility index (Phi) is 5.21. The van der Waals surface area contributed by atoms with Gasteiger partial charge in [0.25, 0.3) is 0 Å². The summed E-state index contributed by atoms with van der Waals surface area (Å²) < 4.78 is 78.3. The average molecular weight is 355 g/mol. The quantitative estimate of drug-likeness (QED) is 0.621. The summed E-state index contributed by atoms with van der Waals surface area (Å²) in [6.07, 6.45) is -10.3. The highest BCUT2D eigenvalue weighted by atomic mass is 19.4. The fraction of sp³-hybridized carbons (Fsp3) is 0.167. The second kappa shape index (κ2) is 7.01. The van der Waals surface area contributed by atoms with Gasteiger partial charge in [0.1, 0.15) is 0 Å². The lowest BCUT2D eigenvalue weighted by atomic mass is 9.91. The van der Waals surface area contributed by atoms with E-state index in [-0.39, 0.29) is 16.7 Å². The molecule has 25 heavy (non-hydrogen) atoms. The molecule has 1 nitrogen and oxygen atoms in total. The highest BCUT2D eigenvalue weighted by Gasteiger charge is 2.37. The number of hydrogen-bond acceptors (Lipinski definition) is 1. The second-order valence-electron chi connectivity index (χ2n) is 5.13. The Morgan fingerprint density at radius 3 is 1.76 bits per heavy atom. The van der Waals surface area contributed by atoms with Crippen LogP contribution in [0.5, 0.6) is 0 Å². The number of nitriles is 1. The molecule has 0 N–H and O–H groups in total. The van der Waals surface area contributed by atoms with E-state index in [2.05, 4.69) is 0 Å². The Balaban J connectivity index is 2.70. The van der Waals surface area contributed by atoms with Gasteiger partial charge >= 0.3 is 12.4 Å². The van der Waals surface area contributed by atoms with Gasteiger partial charge in [-0.2, -0.15) is 31.6 Å². The van der Waals surface area contributed by atoms with E-state index in [4.69, 9.17) is 5.26 Å². The minimum absolute atomic E-state index is 0.0400. The van der Waals surface area contributed by atoms with Crippen molar-refractivity contribution in [2.45, 2.75) is 18.8 Å². The predicted molar refractivity (Wildman–Crippen MR) is 80.2 cm³/mol. The molecule has 2 aromatic carbocycles. The van der Waals surface area contributed by atoms with Crippen molar-refractivity contribution < 1.29 is 26.3 Å². The third kappa shape index (κ3) is 4.41. The maximum Gasteiger partial charge on any atom is 0.416 e. The second-order valence-corrected chi connectivity index (χ2v) is 5.13. The van der Waals surface area contributed by atoms with Crippen LogP contribution in [0.2, 0.25) is 0 Å². The fourth-order valence-corrected chi connectivity index (χ4v) is 2.36. The number of allylic oxidation sites excluding steroid dienone is 1. The summed E-state index contributed by atoms with van der Waals surface area (Å²) in [4.78, 5) is 0. The molecule has 0 heterocycles. The topological polar surface area (TPSA) is 23.8 Å². The lowest BCUT2D eigenvalue weighted by molar-refractivity contribution is -0.137. The molecule has 0 saturated carbocycles. The summed E-state index contributed by atoms with van der Waals surface area (Å²) in [5.41, 5.74) is -2.23. The van der Waals surface area contributed by atoms with Crippen LogP contribution in [0.4, 0.5) is 26.3 Å². The summed E-state index contributed by atoms with van der Waals surface area (Å²) in [7, 11) is 0. The fourth-order valence-electron chi connectivity index (χ4n) is 2.36. The number of benzene rings is 2. The van der Waals surface area contributed by atoms with E-state index in [0.29, 0.717) is 0 Å². The minimum Gasteiger partial charge on any atom is -0.198 e. The molecule has 2 aromatic rings. The van der Waals surface area contributed by atoms with Crippen molar-refractivity contribution in [2.75, 3.05) is 0 Å². The Bertz CT molecular complexity index is 793. The van der Waals surface area contributed by atoms with Crippen LogP contribution in [0, 0.1) is 11.3 Å². The van der Waals surface area contributed by atoms with Gasteiger partial charge in [0, 0.05) is 0 Å². The molecule has 0 radical (unpaired) electrons. The standard InChI is InChI=1S/C18H11F6N/c19-17(20,21)14-8-6-13(7-9-14)16(12-4-2-1-3-5-12)15(10-11-25)18(22,23)24/h1-9H,10H2/b16-15-. The summed E-state index contributed by atoms with van der Waals surface area (Å²) >= 11 is 0. The van der Waals surface area contributed by atoms with E-state index in [0.717, 1.165) is 24.3 Å². The molecule has 0 aliphatic rings. The molecular weight excluding hydrogens is 344 g/mol. The van der Waals surface area contributed by atoms with Gasteiger partial charge in [-0.25, -0.2) is 0 Å². The monoisotopic (exact) mass is 355 g/mol. The zero-order valence-electron chi connectivity index (χ0n) is 12.6. The van der Waals surface area contributed by atoms with Gasteiger partial charge in [-0.15, -0.1) is 0 Å². The molecule has 0 spiro atoms. The van der Waals surface area contributed by atoms with Gasteiger partial charge in [-0.05, 0) is 28.8 Å². The van der Waals surface area contributed by atoms with Gasteiger partial charge in [0.2, 0.25) is 0 Å². The van der Waals surface area contributed by atoms with Crippen LogP contribution in [0.3, 0.4) is 0 Å². The Morgan fingerprint density at radius 1 is 0.800 bits per heavy atom. The number of nitrogens with zero attached hydrogens (tertiary/aromatic N) is 1. The Labute approximate surface area is 139 Å². The predicted octanol–water partition coefficient (Wildman–Crippen LogP) is 5.98. The van der Waals surface area contributed by atoms with Crippen molar-refractivity contribution in [2.24, 2.45) is 0 Å². The summed E-state index contributed by atoms with van der Waals surface area (Å²) in [5, 5.41) is 8.76. The molecule has 0 aliphatic heterocycles. The Hall–Kier alpha value is -2.75. The van der Waals surface area contributed by atoms with E-state index in [1.807, 2.05) is 0 Å². The SMILES string of the molecule is N#CC/C(=C(\c1ccccc1)c1ccc(C(F)(F)F)cc1)C(F)(F)F. The van der Waals surface area contributed by atoms with Crippen LogP contribution in [0.1, 0.15) is 23.1 Å². The van der Waals surface area contributed by atoms with E-state index in [9.17, 15) is 26.3 Å². The largest absolute Gasteiger partial charge is 0.416 e. The minimum atomic E-state index is -4.79. The van der Waals surface area contributed by atoms with Crippen LogP contribution >= 0.6 is 0 Å². The molecular formula is C18H11F6N. The number of rotatable bonds is 3. The molecule has 0 unspecified atom stereocenters. The third-order valence-electron chi connectivity index (χ3n) is 3.46. The van der Waals surface area contributed by atoms with Gasteiger partial charge in [-0.1, -0.05) is 42.5 Å². The van der Waals surface area contributed by atoms with E-state index < -0.39 is 29.9 Å². The smallest absolute Gasteiger partial charge is 0.198 e. The van der Waals surface area contributed by atoms with Crippen LogP contribution < -0.4 is 0 Å². The molecule has 2 rings (SSSR count). The van der Waals surface area contributed by atoms with E-state index in [1.165, 1.54) is 30.3 Å². The van der Waals surface area contributed by atoms with Crippen molar-refractivity contribution in [3.8, 4) is 6.07 Å². The van der Waals surface area contributed by atoms with Crippen molar-refractivity contribution in [1.82, 2.24) is 0 Å². The first-order valence-corrected chi connectivity index (χ1v) is 7.05. The van der Waals surface area contributed by atoms with E-state index >= 15 is 0 Å². The molecule has 0 fully saturated rings. The first-order chi connectivity index (χ1) is 11.6. The molecule has 0 saturated heterocycles. The number of alkyl halides is 6. The van der Waals surface area contributed by atoms with Crippen molar-refractivity contribution >= 4 is 5.57 Å². The molecule has 0 atom stereocenters. The molecule has 0 bridgehead atoms. The average Bonchev–Trinajstić information content (AvgIpc) is 2.54. The maximum absolute atomic E-state index is 13.4. The maximum atomic E-state index is 13.4. The van der Waals surface area contributed by atoms with E-state index in [1.54, 1.807) is 6.07 Å². The van der Waals surface area contributed by atoms with Crippen molar-refractivity contribution in [3.05, 3.63) is 76.9 Å². The molecule has 130 valence electrons. The number of halogens is 6. The van der Waals surface area contributed by atoms with Crippen molar-refractivity contribution in [3.63, 3.8) is 0 Å².